The molecule has 184 valence electrons. The normalized spacial score (nSPS) is 13.6. The molecule has 0 unspecified atom stereocenters. The van der Waals surface area contributed by atoms with Gasteiger partial charge in [0.1, 0.15) is 11.8 Å². The van der Waals surface area contributed by atoms with Crippen LogP contribution in [0, 0.1) is 22.0 Å². The van der Waals surface area contributed by atoms with Crippen molar-refractivity contribution in [3.05, 3.63) is 64.1 Å². The summed E-state index contributed by atoms with van der Waals surface area (Å²) in [5.41, 5.74) is 1.57. The van der Waals surface area contributed by atoms with Crippen LogP contribution in [0.15, 0.2) is 47.1 Å². The van der Waals surface area contributed by atoms with E-state index in [1.165, 1.54) is 36.0 Å². The Morgan fingerprint density at radius 2 is 1.79 bits per heavy atom. The summed E-state index contributed by atoms with van der Waals surface area (Å²) in [5.74, 6) is -4.01. The smallest absolute Gasteiger partial charge is 0.278 e. The number of benzene rings is 1. The molecule has 0 saturated carbocycles. The van der Waals surface area contributed by atoms with Gasteiger partial charge in [-0.15, -0.1) is 0 Å². The third kappa shape index (κ3) is 7.66. The van der Waals surface area contributed by atoms with Gasteiger partial charge in [0.15, 0.2) is 6.17 Å². The van der Waals surface area contributed by atoms with Gasteiger partial charge in [-0.3, -0.25) is 29.7 Å². The number of rotatable bonds is 12. The van der Waals surface area contributed by atoms with Crippen molar-refractivity contribution in [2.75, 3.05) is 0 Å². The van der Waals surface area contributed by atoms with E-state index in [0.717, 1.165) is 0 Å². The zero-order valence-corrected chi connectivity index (χ0v) is 18.7. The second kappa shape index (κ2) is 12.4. The van der Waals surface area contributed by atoms with E-state index in [1.807, 2.05) is 0 Å². The van der Waals surface area contributed by atoms with E-state index in [9.17, 15) is 28.9 Å². The first-order chi connectivity index (χ1) is 16.1. The zero-order valence-electron chi connectivity index (χ0n) is 18.7. The maximum Gasteiger partial charge on any atom is 0.278 e. The Kier molecular flexibility index (Phi) is 9.68. The molecule has 11 nitrogen and oxygen atoms in total. The van der Waals surface area contributed by atoms with Crippen LogP contribution in [0.3, 0.4) is 0 Å². The average molecular weight is 478 g/mol. The molecule has 1 aromatic carbocycles. The number of alkyl halides is 1. The molecule has 0 radical (unpaired) electrons. The molecule has 0 bridgehead atoms. The Bertz CT molecular complexity index is 980. The average Bonchev–Trinajstić information content (AvgIpc) is 3.33. The van der Waals surface area contributed by atoms with Gasteiger partial charge < -0.3 is 15.1 Å². The fourth-order valence-corrected chi connectivity index (χ4v) is 3.30. The highest BCUT2D eigenvalue weighted by Gasteiger charge is 2.36. The number of carbonyl (C=O) groups excluding carboxylic acids is 3. The Labute approximate surface area is 194 Å². The molecule has 0 fully saturated rings. The van der Waals surface area contributed by atoms with E-state index in [1.54, 1.807) is 26.0 Å². The number of hydroxylamine groups is 1. The molecular weight excluding hydrogens is 451 g/mol. The van der Waals surface area contributed by atoms with Crippen LogP contribution in [0.4, 0.5) is 10.1 Å². The van der Waals surface area contributed by atoms with Gasteiger partial charge in [0.2, 0.25) is 11.8 Å². The second-order valence-corrected chi connectivity index (χ2v) is 8.10. The number of hydrogen-bond donors (Lipinski definition) is 4. The molecule has 2 rings (SSSR count). The molecule has 0 aliphatic carbocycles. The van der Waals surface area contributed by atoms with Gasteiger partial charge in [-0.05, 0) is 30.0 Å². The van der Waals surface area contributed by atoms with Gasteiger partial charge in [0, 0.05) is 18.6 Å². The molecule has 12 heteroatoms. The molecule has 0 spiro atoms. The SMILES string of the molecule is CC(C)C[C@@H](C(=O)N[C@@H](Cc1ccc([N+](=O)[O-])cc1)C(=O)NCc1ccco1)[C@@H](F)C(=O)NO. The summed E-state index contributed by atoms with van der Waals surface area (Å²) in [4.78, 5) is 47.7. The van der Waals surface area contributed by atoms with Crippen molar-refractivity contribution in [3.8, 4) is 0 Å². The predicted molar refractivity (Wildman–Crippen MR) is 117 cm³/mol. The maximum absolute atomic E-state index is 14.6. The van der Waals surface area contributed by atoms with Gasteiger partial charge in [-0.25, -0.2) is 9.87 Å². The van der Waals surface area contributed by atoms with Crippen LogP contribution in [0.5, 0.6) is 0 Å². The zero-order chi connectivity index (χ0) is 25.3. The summed E-state index contributed by atoms with van der Waals surface area (Å²) in [7, 11) is 0. The summed E-state index contributed by atoms with van der Waals surface area (Å²) in [6.45, 7) is 3.50. The van der Waals surface area contributed by atoms with Gasteiger partial charge in [0.05, 0.1) is 23.6 Å². The number of nitrogens with zero attached hydrogens (tertiary/aromatic N) is 1. The number of amides is 3. The highest BCUT2D eigenvalue weighted by Crippen LogP contribution is 2.20. The summed E-state index contributed by atoms with van der Waals surface area (Å²) < 4.78 is 19.8. The standard InChI is InChI=1S/C22H27FN4O7/c1-13(2)10-17(19(23)22(30)26-31)20(28)25-18(21(29)24-12-16-4-3-9-34-16)11-14-5-7-15(8-6-14)27(32)33/h3-9,13,17-19,31H,10-12H2,1-2H3,(H,24,29)(H,25,28)(H,26,30)/t17-,18+,19-/m1/s1. The van der Waals surface area contributed by atoms with Crippen molar-refractivity contribution in [1.82, 2.24) is 16.1 Å². The monoisotopic (exact) mass is 478 g/mol. The van der Waals surface area contributed by atoms with Crippen LogP contribution < -0.4 is 16.1 Å². The summed E-state index contributed by atoms with van der Waals surface area (Å²) in [6.07, 6.45) is -0.968. The molecule has 0 aliphatic heterocycles. The first kappa shape index (κ1) is 26.5. The summed E-state index contributed by atoms with van der Waals surface area (Å²) in [6, 6.07) is 7.52. The van der Waals surface area contributed by atoms with E-state index < -0.39 is 40.8 Å². The second-order valence-electron chi connectivity index (χ2n) is 8.10. The minimum Gasteiger partial charge on any atom is -0.467 e. The molecular formula is C22H27FN4O7. The number of furan rings is 1. The van der Waals surface area contributed by atoms with E-state index >= 15 is 0 Å². The number of carbonyl (C=O) groups is 3. The quantitative estimate of drug-likeness (QED) is 0.206. The number of halogens is 1. The molecule has 2 aromatic rings. The number of non-ortho nitro benzene ring substituents is 1. The van der Waals surface area contributed by atoms with E-state index in [2.05, 4.69) is 10.6 Å². The van der Waals surface area contributed by atoms with Crippen LogP contribution in [0.25, 0.3) is 0 Å². The molecule has 3 atom stereocenters. The van der Waals surface area contributed by atoms with E-state index in [4.69, 9.17) is 9.62 Å². The van der Waals surface area contributed by atoms with Crippen LogP contribution >= 0.6 is 0 Å². The maximum atomic E-state index is 14.6. The summed E-state index contributed by atoms with van der Waals surface area (Å²) in [5, 5.41) is 24.7. The van der Waals surface area contributed by atoms with E-state index in [0.29, 0.717) is 11.3 Å². The molecule has 34 heavy (non-hydrogen) atoms. The lowest BCUT2D eigenvalue weighted by Crippen LogP contribution is -2.52. The molecule has 1 heterocycles. The first-order valence-electron chi connectivity index (χ1n) is 10.5. The minimum atomic E-state index is -2.33. The van der Waals surface area contributed by atoms with Crippen molar-refractivity contribution in [2.45, 2.75) is 45.4 Å². The Balaban J connectivity index is 2.22. The molecule has 0 saturated heterocycles. The number of hydrogen-bond acceptors (Lipinski definition) is 7. The topological polar surface area (TPSA) is 164 Å². The predicted octanol–water partition coefficient (Wildman–Crippen LogP) is 2.04. The van der Waals surface area contributed by atoms with Gasteiger partial charge in [0.25, 0.3) is 11.6 Å². The highest BCUT2D eigenvalue weighted by atomic mass is 19.1. The van der Waals surface area contributed by atoms with Crippen LogP contribution in [-0.4, -0.2) is 40.1 Å². The third-order valence-corrected chi connectivity index (χ3v) is 5.01. The molecule has 0 aliphatic rings. The van der Waals surface area contributed by atoms with Crippen molar-refractivity contribution in [2.24, 2.45) is 11.8 Å². The lowest BCUT2D eigenvalue weighted by molar-refractivity contribution is -0.384. The van der Waals surface area contributed by atoms with E-state index in [-0.39, 0.29) is 31.0 Å². The van der Waals surface area contributed by atoms with Gasteiger partial charge in [-0.2, -0.15) is 0 Å². The fraction of sp³-hybridized carbons (Fsp3) is 0.409. The van der Waals surface area contributed by atoms with Gasteiger partial charge in [-0.1, -0.05) is 26.0 Å². The minimum absolute atomic E-state index is 0.0152. The summed E-state index contributed by atoms with van der Waals surface area (Å²) >= 11 is 0. The third-order valence-electron chi connectivity index (χ3n) is 5.01. The Hall–Kier alpha value is -3.80. The van der Waals surface area contributed by atoms with Crippen LogP contribution in [0.2, 0.25) is 0 Å². The fourth-order valence-electron chi connectivity index (χ4n) is 3.30. The van der Waals surface area contributed by atoms with Crippen molar-refractivity contribution in [3.63, 3.8) is 0 Å². The van der Waals surface area contributed by atoms with Gasteiger partial charge >= 0.3 is 0 Å². The lowest BCUT2D eigenvalue weighted by Gasteiger charge is -2.24. The molecule has 3 amide bonds. The van der Waals surface area contributed by atoms with Crippen molar-refractivity contribution >= 4 is 23.4 Å². The van der Waals surface area contributed by atoms with Crippen molar-refractivity contribution in [1.29, 1.82) is 0 Å². The molecule has 4 N–H and O–H groups in total. The van der Waals surface area contributed by atoms with Crippen molar-refractivity contribution < 1.29 is 33.3 Å². The lowest BCUT2D eigenvalue weighted by atomic mass is 9.91. The highest BCUT2D eigenvalue weighted by molar-refractivity contribution is 5.92. The molecule has 1 aromatic heterocycles. The number of nitro benzene ring substituents is 1. The largest absolute Gasteiger partial charge is 0.467 e. The van der Waals surface area contributed by atoms with Crippen LogP contribution in [-0.2, 0) is 27.3 Å². The Morgan fingerprint density at radius 3 is 2.32 bits per heavy atom. The Morgan fingerprint density at radius 1 is 1.12 bits per heavy atom. The number of nitrogens with one attached hydrogen (secondary N) is 3. The first-order valence-corrected chi connectivity index (χ1v) is 10.5. The van der Waals surface area contributed by atoms with Crippen LogP contribution in [0.1, 0.15) is 31.6 Å². The number of nitro groups is 1.